The van der Waals surface area contributed by atoms with Crippen LogP contribution < -0.4 is 0 Å². The van der Waals surface area contributed by atoms with Crippen LogP contribution in [0.1, 0.15) is 31.1 Å². The molecule has 0 saturated heterocycles. The van der Waals surface area contributed by atoms with E-state index in [1.165, 1.54) is 0 Å². The van der Waals surface area contributed by atoms with E-state index in [0.717, 1.165) is 14.7 Å². The van der Waals surface area contributed by atoms with Crippen LogP contribution in [0.4, 0.5) is 0 Å². The van der Waals surface area contributed by atoms with Crippen LogP contribution in [0, 0.1) is 10.5 Å². The van der Waals surface area contributed by atoms with Crippen molar-refractivity contribution in [2.45, 2.75) is 26.2 Å². The third-order valence-electron chi connectivity index (χ3n) is 3.28. The van der Waals surface area contributed by atoms with E-state index in [1.54, 1.807) is 6.92 Å². The fourth-order valence-electron chi connectivity index (χ4n) is 2.00. The number of nitrogens with zero attached hydrogens (tertiary/aromatic N) is 4. The van der Waals surface area contributed by atoms with E-state index >= 15 is 0 Å². The van der Waals surface area contributed by atoms with Gasteiger partial charge in [-0.25, -0.2) is 4.52 Å². The molecule has 19 heavy (non-hydrogen) atoms. The standard InChI is InChI=1S/C13H13IN4O/c1-8-16-12(17-19-8)13(2,3)9-4-5-11-10(14)6-15-18(11)7-9/h4-7H,1-3H3. The SMILES string of the molecule is Cc1nc(C(C)(C)c2ccc3c(I)cnn3c2)no1. The van der Waals surface area contributed by atoms with Crippen molar-refractivity contribution in [1.82, 2.24) is 19.8 Å². The molecule has 0 radical (unpaired) electrons. The number of rotatable bonds is 2. The summed E-state index contributed by atoms with van der Waals surface area (Å²) in [7, 11) is 0. The molecular weight excluding hydrogens is 355 g/mol. The van der Waals surface area contributed by atoms with Gasteiger partial charge in [-0.2, -0.15) is 10.1 Å². The van der Waals surface area contributed by atoms with Gasteiger partial charge in [0.2, 0.25) is 5.89 Å². The highest BCUT2D eigenvalue weighted by molar-refractivity contribution is 14.1. The molecule has 0 unspecified atom stereocenters. The predicted molar refractivity (Wildman–Crippen MR) is 79.1 cm³/mol. The Morgan fingerprint density at radius 1 is 1.32 bits per heavy atom. The van der Waals surface area contributed by atoms with E-state index in [-0.39, 0.29) is 5.41 Å². The molecule has 0 saturated carbocycles. The molecule has 3 aromatic heterocycles. The van der Waals surface area contributed by atoms with Gasteiger partial charge in [-0.1, -0.05) is 11.2 Å². The molecule has 98 valence electrons. The van der Waals surface area contributed by atoms with Crippen molar-refractivity contribution in [2.75, 3.05) is 0 Å². The summed E-state index contributed by atoms with van der Waals surface area (Å²) in [6.45, 7) is 5.95. The van der Waals surface area contributed by atoms with Crippen LogP contribution in [-0.2, 0) is 5.41 Å². The predicted octanol–water partition coefficient (Wildman–Crippen LogP) is 2.96. The van der Waals surface area contributed by atoms with E-state index in [0.29, 0.717) is 11.7 Å². The minimum atomic E-state index is -0.316. The lowest BCUT2D eigenvalue weighted by atomic mass is 9.85. The van der Waals surface area contributed by atoms with Gasteiger partial charge in [0.1, 0.15) is 0 Å². The van der Waals surface area contributed by atoms with Crippen molar-refractivity contribution in [1.29, 1.82) is 0 Å². The first kappa shape index (κ1) is 12.6. The maximum absolute atomic E-state index is 5.08. The Bertz CT molecular complexity index is 744. The lowest BCUT2D eigenvalue weighted by Crippen LogP contribution is -2.21. The van der Waals surface area contributed by atoms with Gasteiger partial charge in [0.05, 0.1) is 20.7 Å². The highest BCUT2D eigenvalue weighted by atomic mass is 127. The summed E-state index contributed by atoms with van der Waals surface area (Å²) in [4.78, 5) is 4.34. The monoisotopic (exact) mass is 368 g/mol. The first-order valence-corrected chi connectivity index (χ1v) is 7.00. The Morgan fingerprint density at radius 2 is 2.11 bits per heavy atom. The number of aromatic nitrogens is 4. The highest BCUT2D eigenvalue weighted by Gasteiger charge is 2.29. The zero-order chi connectivity index (χ0) is 13.6. The number of hydrogen-bond acceptors (Lipinski definition) is 4. The summed E-state index contributed by atoms with van der Waals surface area (Å²) in [5, 5.41) is 8.37. The summed E-state index contributed by atoms with van der Waals surface area (Å²) < 4.78 is 8.10. The second-order valence-electron chi connectivity index (χ2n) is 5.00. The Kier molecular flexibility index (Phi) is 2.84. The minimum Gasteiger partial charge on any atom is -0.340 e. The molecule has 3 aromatic rings. The van der Waals surface area contributed by atoms with Crippen LogP contribution >= 0.6 is 22.6 Å². The normalized spacial score (nSPS) is 12.2. The van der Waals surface area contributed by atoms with Crippen LogP contribution in [0.2, 0.25) is 0 Å². The fraction of sp³-hybridized carbons (Fsp3) is 0.308. The maximum atomic E-state index is 5.08. The third-order valence-corrected chi connectivity index (χ3v) is 4.11. The van der Waals surface area contributed by atoms with Gasteiger partial charge in [-0.15, -0.1) is 0 Å². The number of pyridine rings is 1. The molecule has 0 fully saturated rings. The molecule has 0 amide bonds. The highest BCUT2D eigenvalue weighted by Crippen LogP contribution is 2.29. The molecular formula is C13H13IN4O. The number of halogens is 1. The van der Waals surface area contributed by atoms with E-state index in [2.05, 4.69) is 63.8 Å². The van der Waals surface area contributed by atoms with Crippen molar-refractivity contribution in [3.8, 4) is 0 Å². The third kappa shape index (κ3) is 2.03. The van der Waals surface area contributed by atoms with Crippen LogP contribution in [0.15, 0.2) is 29.0 Å². The largest absolute Gasteiger partial charge is 0.340 e. The zero-order valence-electron chi connectivity index (χ0n) is 10.9. The summed E-state index contributed by atoms with van der Waals surface area (Å²) >= 11 is 2.28. The maximum Gasteiger partial charge on any atom is 0.223 e. The summed E-state index contributed by atoms with van der Waals surface area (Å²) in [6, 6.07) is 4.16. The Labute approximate surface area is 124 Å². The van der Waals surface area contributed by atoms with Gasteiger partial charge < -0.3 is 4.52 Å². The minimum absolute atomic E-state index is 0.316. The molecule has 0 aliphatic heterocycles. The van der Waals surface area contributed by atoms with Crippen LogP contribution in [0.5, 0.6) is 0 Å². The summed E-state index contributed by atoms with van der Waals surface area (Å²) in [5.74, 6) is 1.27. The van der Waals surface area contributed by atoms with Crippen molar-refractivity contribution in [3.05, 3.63) is 45.4 Å². The van der Waals surface area contributed by atoms with E-state index < -0.39 is 0 Å². The van der Waals surface area contributed by atoms with Gasteiger partial charge in [0, 0.05) is 13.1 Å². The number of hydrogen-bond donors (Lipinski definition) is 0. The number of aryl methyl sites for hydroxylation is 1. The summed E-state index contributed by atoms with van der Waals surface area (Å²) in [6.07, 6.45) is 3.87. The molecule has 0 aromatic carbocycles. The Balaban J connectivity index is 2.12. The van der Waals surface area contributed by atoms with Crippen LogP contribution in [0.3, 0.4) is 0 Å². The molecule has 3 rings (SSSR count). The topological polar surface area (TPSA) is 56.2 Å². The van der Waals surface area contributed by atoms with Crippen molar-refractivity contribution >= 4 is 28.1 Å². The molecule has 3 heterocycles. The molecule has 0 spiro atoms. The lowest BCUT2D eigenvalue weighted by Gasteiger charge is -2.20. The molecule has 0 bridgehead atoms. The van der Waals surface area contributed by atoms with Crippen LogP contribution in [0.25, 0.3) is 5.52 Å². The first-order valence-electron chi connectivity index (χ1n) is 5.92. The quantitative estimate of drug-likeness (QED) is 0.653. The van der Waals surface area contributed by atoms with Crippen LogP contribution in [-0.4, -0.2) is 19.8 Å². The fourth-order valence-corrected chi connectivity index (χ4v) is 2.56. The van der Waals surface area contributed by atoms with Gasteiger partial charge in [0.15, 0.2) is 5.82 Å². The molecule has 0 aliphatic carbocycles. The van der Waals surface area contributed by atoms with E-state index in [4.69, 9.17) is 4.52 Å². The second kappa shape index (κ2) is 4.29. The van der Waals surface area contributed by atoms with Gasteiger partial charge in [-0.05, 0) is 48.1 Å². The molecule has 6 heteroatoms. The van der Waals surface area contributed by atoms with Gasteiger partial charge >= 0.3 is 0 Å². The number of fused-ring (bicyclic) bond motifs is 1. The van der Waals surface area contributed by atoms with Crippen molar-refractivity contribution < 1.29 is 4.52 Å². The smallest absolute Gasteiger partial charge is 0.223 e. The molecule has 0 N–H and O–H groups in total. The van der Waals surface area contributed by atoms with Gasteiger partial charge in [-0.3, -0.25) is 0 Å². The zero-order valence-corrected chi connectivity index (χ0v) is 13.0. The Hall–Kier alpha value is -1.44. The summed E-state index contributed by atoms with van der Waals surface area (Å²) in [5.41, 5.74) is 1.88. The second-order valence-corrected chi connectivity index (χ2v) is 6.16. The lowest BCUT2D eigenvalue weighted by molar-refractivity contribution is 0.378. The first-order chi connectivity index (χ1) is 8.98. The molecule has 0 aliphatic rings. The average molecular weight is 368 g/mol. The van der Waals surface area contributed by atoms with Crippen molar-refractivity contribution in [2.24, 2.45) is 0 Å². The Morgan fingerprint density at radius 3 is 2.79 bits per heavy atom. The average Bonchev–Trinajstić information content (AvgIpc) is 2.96. The van der Waals surface area contributed by atoms with E-state index in [9.17, 15) is 0 Å². The van der Waals surface area contributed by atoms with Crippen molar-refractivity contribution in [3.63, 3.8) is 0 Å². The van der Waals surface area contributed by atoms with E-state index in [1.807, 2.05) is 16.9 Å². The van der Waals surface area contributed by atoms with Gasteiger partial charge in [0.25, 0.3) is 0 Å². The molecule has 0 atom stereocenters. The molecule has 5 nitrogen and oxygen atoms in total.